The molecule has 6 heteroatoms. The number of piperidine rings is 2. The van der Waals surface area contributed by atoms with Gasteiger partial charge in [-0.2, -0.15) is 0 Å². The van der Waals surface area contributed by atoms with Crippen LogP contribution in [0.25, 0.3) is 0 Å². The first kappa shape index (κ1) is 15.7. The normalized spacial score (nSPS) is 24.5. The number of hydrogen-bond acceptors (Lipinski definition) is 6. The van der Waals surface area contributed by atoms with Gasteiger partial charge < -0.3 is 9.64 Å². The van der Waals surface area contributed by atoms with Gasteiger partial charge in [0.1, 0.15) is 4.88 Å². The molecule has 1 aromatic rings. The summed E-state index contributed by atoms with van der Waals surface area (Å²) in [7, 11) is 1.41. The van der Waals surface area contributed by atoms with Crippen LogP contribution in [0.4, 0.5) is 5.13 Å². The molecule has 0 spiro atoms. The molecule has 2 aliphatic heterocycles. The van der Waals surface area contributed by atoms with Gasteiger partial charge in [-0.1, -0.05) is 18.3 Å². The van der Waals surface area contributed by atoms with Gasteiger partial charge in [0.25, 0.3) is 0 Å². The molecule has 2 aliphatic rings. The maximum Gasteiger partial charge on any atom is 0.349 e. The van der Waals surface area contributed by atoms with Gasteiger partial charge in [0.2, 0.25) is 0 Å². The minimum atomic E-state index is -0.291. The minimum Gasteiger partial charge on any atom is -0.465 e. The predicted molar refractivity (Wildman–Crippen MR) is 88.7 cm³/mol. The van der Waals surface area contributed by atoms with Crippen molar-refractivity contribution in [3.63, 3.8) is 0 Å². The SMILES string of the molecule is COC(=O)c1cnc(N2CCC(N3CCC[C@@H](C)C3)CC2)s1. The van der Waals surface area contributed by atoms with E-state index < -0.39 is 0 Å². The number of likely N-dealkylation sites (tertiary alicyclic amines) is 1. The molecule has 0 unspecified atom stereocenters. The van der Waals surface area contributed by atoms with Gasteiger partial charge in [0, 0.05) is 25.7 Å². The summed E-state index contributed by atoms with van der Waals surface area (Å²) in [5, 5.41) is 0.950. The molecule has 3 rings (SSSR count). The van der Waals surface area contributed by atoms with E-state index >= 15 is 0 Å². The van der Waals surface area contributed by atoms with Gasteiger partial charge >= 0.3 is 5.97 Å². The Labute approximate surface area is 136 Å². The highest BCUT2D eigenvalue weighted by Gasteiger charge is 2.28. The summed E-state index contributed by atoms with van der Waals surface area (Å²) in [4.78, 5) is 21.5. The van der Waals surface area contributed by atoms with Crippen molar-refractivity contribution in [1.82, 2.24) is 9.88 Å². The summed E-state index contributed by atoms with van der Waals surface area (Å²) < 4.78 is 4.75. The van der Waals surface area contributed by atoms with Gasteiger partial charge in [-0.3, -0.25) is 4.90 Å². The van der Waals surface area contributed by atoms with Gasteiger partial charge in [0.05, 0.1) is 13.3 Å². The van der Waals surface area contributed by atoms with Crippen molar-refractivity contribution in [3.8, 4) is 0 Å². The Kier molecular flexibility index (Phi) is 4.98. The number of esters is 1. The van der Waals surface area contributed by atoms with Crippen molar-refractivity contribution in [2.75, 3.05) is 38.2 Å². The fraction of sp³-hybridized carbons (Fsp3) is 0.750. The van der Waals surface area contributed by atoms with Crippen LogP contribution in [-0.2, 0) is 4.74 Å². The molecule has 0 aromatic carbocycles. The number of ether oxygens (including phenoxy) is 1. The summed E-state index contributed by atoms with van der Waals surface area (Å²) in [6.07, 6.45) is 6.74. The van der Waals surface area contributed by atoms with E-state index in [1.807, 2.05) is 0 Å². The zero-order chi connectivity index (χ0) is 15.5. The number of rotatable bonds is 3. The second-order valence-electron chi connectivity index (χ2n) is 6.46. The quantitative estimate of drug-likeness (QED) is 0.800. The smallest absolute Gasteiger partial charge is 0.349 e. The van der Waals surface area contributed by atoms with Gasteiger partial charge in [0.15, 0.2) is 5.13 Å². The van der Waals surface area contributed by atoms with Crippen molar-refractivity contribution < 1.29 is 9.53 Å². The number of carbonyl (C=O) groups excluding carboxylic acids is 1. The van der Waals surface area contributed by atoms with E-state index in [0.29, 0.717) is 4.88 Å². The lowest BCUT2D eigenvalue weighted by Crippen LogP contribution is -2.48. The highest BCUT2D eigenvalue weighted by Crippen LogP contribution is 2.28. The lowest BCUT2D eigenvalue weighted by atomic mass is 9.95. The predicted octanol–water partition coefficient (Wildman–Crippen LogP) is 2.63. The fourth-order valence-electron chi connectivity index (χ4n) is 3.59. The zero-order valence-corrected chi connectivity index (χ0v) is 14.3. The Bertz CT molecular complexity index is 511. The Morgan fingerprint density at radius 3 is 2.77 bits per heavy atom. The third kappa shape index (κ3) is 3.43. The van der Waals surface area contributed by atoms with Crippen molar-refractivity contribution in [1.29, 1.82) is 0 Å². The van der Waals surface area contributed by atoms with Crippen LogP contribution in [0.1, 0.15) is 42.3 Å². The number of carbonyl (C=O) groups is 1. The largest absolute Gasteiger partial charge is 0.465 e. The van der Waals surface area contributed by atoms with E-state index in [0.717, 1.165) is 30.2 Å². The number of aromatic nitrogens is 1. The summed E-state index contributed by atoms with van der Waals surface area (Å²) in [6, 6.07) is 0.721. The van der Waals surface area contributed by atoms with Crippen LogP contribution in [0.2, 0.25) is 0 Å². The second-order valence-corrected chi connectivity index (χ2v) is 7.47. The highest BCUT2D eigenvalue weighted by molar-refractivity contribution is 7.17. The van der Waals surface area contributed by atoms with Crippen LogP contribution in [0.3, 0.4) is 0 Å². The minimum absolute atomic E-state index is 0.291. The molecule has 0 saturated carbocycles. The Hall–Kier alpha value is -1.14. The van der Waals surface area contributed by atoms with E-state index in [1.54, 1.807) is 6.20 Å². The Balaban J connectivity index is 1.55. The third-order valence-corrected chi connectivity index (χ3v) is 5.86. The van der Waals surface area contributed by atoms with Crippen molar-refractivity contribution in [3.05, 3.63) is 11.1 Å². The first-order chi connectivity index (χ1) is 10.7. The number of methoxy groups -OCH3 is 1. The van der Waals surface area contributed by atoms with Crippen LogP contribution in [0.5, 0.6) is 0 Å². The molecule has 0 N–H and O–H groups in total. The van der Waals surface area contributed by atoms with Crippen LogP contribution < -0.4 is 4.90 Å². The monoisotopic (exact) mass is 323 g/mol. The Morgan fingerprint density at radius 2 is 2.09 bits per heavy atom. The highest BCUT2D eigenvalue weighted by atomic mass is 32.1. The molecule has 3 heterocycles. The van der Waals surface area contributed by atoms with Gasteiger partial charge in [-0.05, 0) is 38.1 Å². The van der Waals surface area contributed by atoms with Crippen LogP contribution in [0, 0.1) is 5.92 Å². The standard InChI is InChI=1S/C16H25N3O2S/c1-12-4-3-7-19(11-12)13-5-8-18(9-6-13)16-17-10-14(22-16)15(20)21-2/h10,12-13H,3-9,11H2,1-2H3/t12-/m1/s1. The summed E-state index contributed by atoms with van der Waals surface area (Å²) >= 11 is 1.44. The summed E-state index contributed by atoms with van der Waals surface area (Å²) in [5.41, 5.74) is 0. The van der Waals surface area contributed by atoms with Crippen LogP contribution in [0.15, 0.2) is 6.20 Å². The number of anilines is 1. The fourth-order valence-corrected chi connectivity index (χ4v) is 4.47. The summed E-state index contributed by atoms with van der Waals surface area (Å²) in [6.45, 7) is 6.95. The Morgan fingerprint density at radius 1 is 1.32 bits per heavy atom. The van der Waals surface area contributed by atoms with E-state index in [2.05, 4.69) is 21.7 Å². The second kappa shape index (κ2) is 6.96. The third-order valence-electron chi connectivity index (χ3n) is 4.82. The van der Waals surface area contributed by atoms with E-state index in [4.69, 9.17) is 4.74 Å². The molecular formula is C16H25N3O2S. The van der Waals surface area contributed by atoms with Crippen LogP contribution in [-0.4, -0.2) is 55.2 Å². The molecule has 22 heavy (non-hydrogen) atoms. The first-order valence-electron chi connectivity index (χ1n) is 8.20. The van der Waals surface area contributed by atoms with Gasteiger partial charge in [-0.25, -0.2) is 9.78 Å². The van der Waals surface area contributed by atoms with E-state index in [9.17, 15) is 4.79 Å². The lowest BCUT2D eigenvalue weighted by molar-refractivity contribution is 0.0606. The molecule has 122 valence electrons. The maximum absolute atomic E-state index is 11.5. The van der Waals surface area contributed by atoms with Gasteiger partial charge in [-0.15, -0.1) is 0 Å². The molecule has 0 aliphatic carbocycles. The number of hydrogen-bond donors (Lipinski definition) is 0. The van der Waals surface area contributed by atoms with Crippen molar-refractivity contribution >= 4 is 22.4 Å². The molecule has 5 nitrogen and oxygen atoms in total. The number of thiazole rings is 1. The molecule has 0 bridgehead atoms. The summed E-state index contributed by atoms with van der Waals surface area (Å²) in [5.74, 6) is 0.550. The molecule has 2 fully saturated rings. The lowest BCUT2D eigenvalue weighted by Gasteiger charge is -2.41. The molecule has 1 atom stereocenters. The topological polar surface area (TPSA) is 45.7 Å². The average molecular weight is 323 g/mol. The van der Waals surface area contributed by atoms with E-state index in [1.165, 1.54) is 57.2 Å². The van der Waals surface area contributed by atoms with Crippen molar-refractivity contribution in [2.24, 2.45) is 5.92 Å². The molecule has 0 amide bonds. The van der Waals surface area contributed by atoms with E-state index in [-0.39, 0.29) is 5.97 Å². The molecule has 2 saturated heterocycles. The average Bonchev–Trinajstić information content (AvgIpc) is 3.04. The zero-order valence-electron chi connectivity index (χ0n) is 13.5. The van der Waals surface area contributed by atoms with Crippen LogP contribution >= 0.6 is 11.3 Å². The number of nitrogens with zero attached hydrogens (tertiary/aromatic N) is 3. The maximum atomic E-state index is 11.5. The van der Waals surface area contributed by atoms with Crippen molar-refractivity contribution in [2.45, 2.75) is 38.6 Å². The molecular weight excluding hydrogens is 298 g/mol. The first-order valence-corrected chi connectivity index (χ1v) is 9.02. The molecule has 0 radical (unpaired) electrons. The molecule has 1 aromatic heterocycles.